The van der Waals surface area contributed by atoms with Crippen molar-refractivity contribution < 1.29 is 26.9 Å². The first-order valence-corrected chi connectivity index (χ1v) is 8.64. The van der Waals surface area contributed by atoms with E-state index < -0.39 is 29.6 Å². The van der Waals surface area contributed by atoms with Gasteiger partial charge in [-0.3, -0.25) is 4.79 Å². The van der Waals surface area contributed by atoms with Crippen LogP contribution in [0.3, 0.4) is 0 Å². The number of carbonyl (C=O) groups is 1. The van der Waals surface area contributed by atoms with Crippen molar-refractivity contribution >= 4 is 5.91 Å². The Bertz CT molecular complexity index is 1030. The Kier molecular flexibility index (Phi) is 4.40. The van der Waals surface area contributed by atoms with Gasteiger partial charge in [0.1, 0.15) is 0 Å². The highest BCUT2D eigenvalue weighted by atomic mass is 19.4. The van der Waals surface area contributed by atoms with Gasteiger partial charge in [0.15, 0.2) is 12.1 Å². The fraction of sp³-hybridized carbons (Fsp3) is 0.333. The van der Waals surface area contributed by atoms with Crippen molar-refractivity contribution in [1.82, 2.24) is 20.4 Å². The van der Waals surface area contributed by atoms with Crippen LogP contribution in [0.15, 0.2) is 33.5 Å². The van der Waals surface area contributed by atoms with Gasteiger partial charge in [0.05, 0.1) is 6.04 Å². The van der Waals surface area contributed by atoms with Crippen LogP contribution in [0.25, 0.3) is 11.4 Å². The number of nitrogens with zero attached hydrogens (tertiary/aromatic N) is 3. The summed E-state index contributed by atoms with van der Waals surface area (Å²) in [5.41, 5.74) is 1.26. The molecule has 0 saturated heterocycles. The highest BCUT2D eigenvalue weighted by molar-refractivity contribution is 5.93. The van der Waals surface area contributed by atoms with Crippen molar-refractivity contribution in [3.63, 3.8) is 0 Å². The third-order valence-electron chi connectivity index (χ3n) is 4.60. The molecule has 0 unspecified atom stereocenters. The smallest absolute Gasteiger partial charge is 0.437 e. The molecule has 0 spiro atoms. The molecule has 0 radical (unpaired) electrons. The SMILES string of the molecule is CCc1nc(-c2ccc3c(c2)CC[C@H]3NC(=O)c2ocnc2C(F)(F)F)no1. The number of nitrogens with one attached hydrogen (secondary N) is 1. The van der Waals surface area contributed by atoms with Crippen LogP contribution in [0.2, 0.25) is 0 Å². The average Bonchev–Trinajstić information content (AvgIpc) is 3.40. The molecule has 3 aromatic rings. The molecule has 1 aromatic carbocycles. The molecule has 10 heteroatoms. The normalized spacial score (nSPS) is 16.2. The first-order chi connectivity index (χ1) is 13.4. The van der Waals surface area contributed by atoms with Crippen molar-refractivity contribution in [3.8, 4) is 11.4 Å². The van der Waals surface area contributed by atoms with Crippen LogP contribution in [0, 0.1) is 0 Å². The standard InChI is InChI=1S/C18H15F3N4O3/c1-2-13-24-16(25-28-13)10-3-5-11-9(7-10)4-6-12(11)23-17(26)14-15(18(19,20)21)22-8-27-14/h3,5,7-8,12H,2,4,6H2,1H3,(H,23,26)/t12-/m1/s1. The van der Waals surface area contributed by atoms with Gasteiger partial charge in [-0.05, 0) is 30.0 Å². The molecule has 1 aliphatic carbocycles. The Morgan fingerprint density at radius 2 is 2.18 bits per heavy atom. The molecule has 1 atom stereocenters. The second kappa shape index (κ2) is 6.77. The van der Waals surface area contributed by atoms with Crippen molar-refractivity contribution in [2.45, 2.75) is 38.4 Å². The van der Waals surface area contributed by atoms with Gasteiger partial charge in [-0.15, -0.1) is 0 Å². The lowest BCUT2D eigenvalue weighted by Gasteiger charge is -2.14. The number of hydrogen-bond acceptors (Lipinski definition) is 6. The number of hydrogen-bond donors (Lipinski definition) is 1. The van der Waals surface area contributed by atoms with E-state index in [4.69, 9.17) is 4.52 Å². The van der Waals surface area contributed by atoms with Crippen molar-refractivity contribution in [3.05, 3.63) is 53.1 Å². The summed E-state index contributed by atoms with van der Waals surface area (Å²) in [6.45, 7) is 1.91. The van der Waals surface area contributed by atoms with Crippen LogP contribution < -0.4 is 5.32 Å². The number of carbonyl (C=O) groups excluding carboxylic acids is 1. The van der Waals surface area contributed by atoms with Gasteiger partial charge in [-0.1, -0.05) is 24.2 Å². The van der Waals surface area contributed by atoms with Crippen LogP contribution in [0.5, 0.6) is 0 Å². The minimum absolute atomic E-state index is 0.417. The maximum atomic E-state index is 12.9. The van der Waals surface area contributed by atoms with Crippen molar-refractivity contribution in [1.29, 1.82) is 0 Å². The molecule has 146 valence electrons. The van der Waals surface area contributed by atoms with Gasteiger partial charge in [-0.25, -0.2) is 4.98 Å². The van der Waals surface area contributed by atoms with Gasteiger partial charge < -0.3 is 14.3 Å². The molecule has 1 aliphatic rings. The number of amides is 1. The second-order valence-electron chi connectivity index (χ2n) is 6.37. The van der Waals surface area contributed by atoms with Crippen LogP contribution in [0.4, 0.5) is 13.2 Å². The summed E-state index contributed by atoms with van der Waals surface area (Å²) in [5.74, 6) is -0.772. The molecule has 0 bridgehead atoms. The zero-order chi connectivity index (χ0) is 19.9. The Morgan fingerprint density at radius 1 is 1.36 bits per heavy atom. The number of alkyl halides is 3. The van der Waals surface area contributed by atoms with Gasteiger partial charge in [0, 0.05) is 12.0 Å². The highest BCUT2D eigenvalue weighted by Gasteiger charge is 2.40. The van der Waals surface area contributed by atoms with Gasteiger partial charge >= 0.3 is 6.18 Å². The lowest BCUT2D eigenvalue weighted by molar-refractivity contribution is -0.141. The second-order valence-corrected chi connectivity index (χ2v) is 6.37. The molecule has 28 heavy (non-hydrogen) atoms. The molecule has 4 rings (SSSR count). The van der Waals surface area contributed by atoms with Crippen molar-refractivity contribution in [2.24, 2.45) is 0 Å². The van der Waals surface area contributed by atoms with E-state index in [1.165, 1.54) is 0 Å². The largest absolute Gasteiger partial charge is 0.438 e. The first kappa shape index (κ1) is 18.2. The third kappa shape index (κ3) is 3.25. The van der Waals surface area contributed by atoms with E-state index in [-0.39, 0.29) is 0 Å². The molecule has 0 saturated carbocycles. The molecule has 1 amide bonds. The van der Waals surface area contributed by atoms with E-state index in [9.17, 15) is 18.0 Å². The fourth-order valence-electron chi connectivity index (χ4n) is 3.26. The highest BCUT2D eigenvalue weighted by Crippen LogP contribution is 2.35. The molecule has 2 heterocycles. The quantitative estimate of drug-likeness (QED) is 0.727. The summed E-state index contributed by atoms with van der Waals surface area (Å²) < 4.78 is 48.5. The first-order valence-electron chi connectivity index (χ1n) is 8.64. The van der Waals surface area contributed by atoms with E-state index in [2.05, 4.69) is 24.9 Å². The lowest BCUT2D eigenvalue weighted by Crippen LogP contribution is -2.28. The number of aromatic nitrogens is 3. The van der Waals surface area contributed by atoms with Crippen molar-refractivity contribution in [2.75, 3.05) is 0 Å². The van der Waals surface area contributed by atoms with Crippen LogP contribution in [-0.4, -0.2) is 21.0 Å². The van der Waals surface area contributed by atoms with E-state index >= 15 is 0 Å². The molecule has 0 fully saturated rings. The number of aryl methyl sites for hydroxylation is 2. The Hall–Kier alpha value is -3.17. The summed E-state index contributed by atoms with van der Waals surface area (Å²) >= 11 is 0. The maximum absolute atomic E-state index is 12.9. The van der Waals surface area contributed by atoms with E-state index in [0.717, 1.165) is 16.7 Å². The molecular weight excluding hydrogens is 377 g/mol. The summed E-state index contributed by atoms with van der Waals surface area (Å²) in [7, 11) is 0. The predicted octanol–water partition coefficient (Wildman–Crippen LogP) is 3.72. The summed E-state index contributed by atoms with van der Waals surface area (Å²) in [5, 5.41) is 6.53. The van der Waals surface area contributed by atoms with Crippen LogP contribution >= 0.6 is 0 Å². The Balaban J connectivity index is 1.54. The van der Waals surface area contributed by atoms with E-state index in [0.29, 0.717) is 37.4 Å². The molecule has 0 aliphatic heterocycles. The fourth-order valence-corrected chi connectivity index (χ4v) is 3.26. The Labute approximate surface area is 157 Å². The number of halogens is 3. The monoisotopic (exact) mass is 392 g/mol. The molecular formula is C18H15F3N4O3. The summed E-state index contributed by atoms with van der Waals surface area (Å²) in [6.07, 6.45) is -2.29. The molecule has 1 N–H and O–H groups in total. The number of rotatable bonds is 4. The Morgan fingerprint density at radius 3 is 2.89 bits per heavy atom. The van der Waals surface area contributed by atoms with Gasteiger partial charge in [0.2, 0.25) is 17.5 Å². The minimum Gasteiger partial charge on any atom is -0.438 e. The average molecular weight is 392 g/mol. The predicted molar refractivity (Wildman–Crippen MR) is 89.1 cm³/mol. The van der Waals surface area contributed by atoms with E-state index in [1.54, 1.807) is 6.07 Å². The van der Waals surface area contributed by atoms with E-state index in [1.807, 2.05) is 19.1 Å². The van der Waals surface area contributed by atoms with Crippen LogP contribution in [0.1, 0.15) is 52.7 Å². The summed E-state index contributed by atoms with van der Waals surface area (Å²) in [4.78, 5) is 19.7. The topological polar surface area (TPSA) is 94.1 Å². The molecule has 7 nitrogen and oxygen atoms in total. The number of fused-ring (bicyclic) bond motifs is 1. The molecule has 2 aromatic heterocycles. The zero-order valence-electron chi connectivity index (χ0n) is 14.7. The third-order valence-corrected chi connectivity index (χ3v) is 4.60. The minimum atomic E-state index is -4.76. The number of oxazole rings is 1. The summed E-state index contributed by atoms with van der Waals surface area (Å²) in [6, 6.07) is 5.10. The lowest BCUT2D eigenvalue weighted by atomic mass is 10.0. The van der Waals surface area contributed by atoms with Crippen LogP contribution in [-0.2, 0) is 19.0 Å². The number of benzene rings is 1. The maximum Gasteiger partial charge on any atom is 0.437 e. The zero-order valence-corrected chi connectivity index (χ0v) is 14.7. The van der Waals surface area contributed by atoms with Gasteiger partial charge in [-0.2, -0.15) is 18.2 Å². The van der Waals surface area contributed by atoms with Gasteiger partial charge in [0.25, 0.3) is 5.91 Å².